The van der Waals surface area contributed by atoms with Gasteiger partial charge in [0.2, 0.25) is 0 Å². The highest BCUT2D eigenvalue weighted by Crippen LogP contribution is 2.22. The largest absolute Gasteiger partial charge is 0.480 e. The Morgan fingerprint density at radius 1 is 1.29 bits per heavy atom. The van der Waals surface area contributed by atoms with Crippen molar-refractivity contribution in [3.8, 4) is 0 Å². The summed E-state index contributed by atoms with van der Waals surface area (Å²) < 4.78 is 0. The number of aliphatic carboxylic acids is 1. The first-order valence-electron chi connectivity index (χ1n) is 7.21. The molecule has 0 aromatic carbocycles. The molecule has 0 amide bonds. The first kappa shape index (κ1) is 15.2. The summed E-state index contributed by atoms with van der Waals surface area (Å²) in [5.74, 6) is 0.143. The zero-order valence-corrected chi connectivity index (χ0v) is 12.4. The van der Waals surface area contributed by atoms with Gasteiger partial charge in [0.25, 0.3) is 0 Å². The van der Waals surface area contributed by atoms with E-state index in [1.807, 2.05) is 31.0 Å². The van der Waals surface area contributed by atoms with E-state index in [0.29, 0.717) is 0 Å². The van der Waals surface area contributed by atoms with E-state index in [4.69, 9.17) is 5.11 Å². The first-order chi connectivity index (χ1) is 10.2. The van der Waals surface area contributed by atoms with Gasteiger partial charge < -0.3 is 15.0 Å². The third kappa shape index (κ3) is 3.49. The number of hydrogen-bond donors (Lipinski definition) is 2. The highest BCUT2D eigenvalue weighted by molar-refractivity contribution is 5.87. The standard InChI is InChI=1S/C12H15N5O2.C2H6/c18-10(19)7-16-3-5-17(6-4-16)12-9-1-2-13-11(9)14-8-15-12;1-2/h1-2,8H,3-7H2,(H,18,19)(H,13,14,15);1-2H3. The molecule has 0 spiro atoms. The summed E-state index contributed by atoms with van der Waals surface area (Å²) in [5, 5.41) is 9.79. The van der Waals surface area contributed by atoms with Crippen molar-refractivity contribution in [3.63, 3.8) is 0 Å². The minimum absolute atomic E-state index is 0.108. The molecule has 0 atom stereocenters. The van der Waals surface area contributed by atoms with E-state index in [1.54, 1.807) is 6.33 Å². The van der Waals surface area contributed by atoms with Gasteiger partial charge >= 0.3 is 5.97 Å². The van der Waals surface area contributed by atoms with Gasteiger partial charge in [0.05, 0.1) is 11.9 Å². The van der Waals surface area contributed by atoms with Gasteiger partial charge in [-0.1, -0.05) is 13.8 Å². The van der Waals surface area contributed by atoms with Crippen molar-refractivity contribution in [2.45, 2.75) is 13.8 Å². The minimum Gasteiger partial charge on any atom is -0.480 e. The number of H-pyrrole nitrogens is 1. The Balaban J connectivity index is 0.000000774. The van der Waals surface area contributed by atoms with Crippen molar-refractivity contribution < 1.29 is 9.90 Å². The van der Waals surface area contributed by atoms with Gasteiger partial charge in [0.15, 0.2) is 0 Å². The summed E-state index contributed by atoms with van der Waals surface area (Å²) in [7, 11) is 0. The van der Waals surface area contributed by atoms with E-state index in [9.17, 15) is 4.79 Å². The molecular formula is C14H21N5O2. The number of carbonyl (C=O) groups is 1. The number of nitrogens with one attached hydrogen (secondary N) is 1. The topological polar surface area (TPSA) is 85.3 Å². The third-order valence-corrected chi connectivity index (χ3v) is 3.36. The van der Waals surface area contributed by atoms with Crippen LogP contribution in [0, 0.1) is 0 Å². The molecule has 0 aliphatic carbocycles. The molecule has 0 bridgehead atoms. The number of anilines is 1. The van der Waals surface area contributed by atoms with Gasteiger partial charge in [-0.2, -0.15) is 0 Å². The lowest BCUT2D eigenvalue weighted by molar-refractivity contribution is -0.138. The number of hydrogen-bond acceptors (Lipinski definition) is 5. The smallest absolute Gasteiger partial charge is 0.317 e. The van der Waals surface area contributed by atoms with Crippen molar-refractivity contribution in [1.29, 1.82) is 0 Å². The molecule has 0 radical (unpaired) electrons. The van der Waals surface area contributed by atoms with Crippen LogP contribution in [-0.2, 0) is 4.79 Å². The average molecular weight is 291 g/mol. The Morgan fingerprint density at radius 3 is 2.67 bits per heavy atom. The molecule has 2 aromatic heterocycles. The predicted molar refractivity (Wildman–Crippen MR) is 81.5 cm³/mol. The number of carboxylic acid groups (broad SMARTS) is 1. The third-order valence-electron chi connectivity index (χ3n) is 3.36. The van der Waals surface area contributed by atoms with Gasteiger partial charge in [-0.25, -0.2) is 9.97 Å². The molecule has 3 rings (SSSR count). The first-order valence-corrected chi connectivity index (χ1v) is 7.21. The second-order valence-electron chi connectivity index (χ2n) is 4.59. The van der Waals surface area contributed by atoms with Crippen LogP contribution in [-0.4, -0.2) is 63.7 Å². The lowest BCUT2D eigenvalue weighted by atomic mass is 10.2. The van der Waals surface area contributed by atoms with E-state index in [0.717, 1.165) is 43.0 Å². The molecular weight excluding hydrogens is 270 g/mol. The van der Waals surface area contributed by atoms with Crippen molar-refractivity contribution in [3.05, 3.63) is 18.6 Å². The highest BCUT2D eigenvalue weighted by Gasteiger charge is 2.21. The van der Waals surface area contributed by atoms with E-state index < -0.39 is 5.97 Å². The molecule has 0 unspecified atom stereocenters. The number of nitrogens with zero attached hydrogens (tertiary/aromatic N) is 4. The fourth-order valence-electron chi connectivity index (χ4n) is 2.42. The molecule has 2 N–H and O–H groups in total. The molecule has 1 aliphatic rings. The van der Waals surface area contributed by atoms with Crippen molar-refractivity contribution in [2.24, 2.45) is 0 Å². The summed E-state index contributed by atoms with van der Waals surface area (Å²) in [5.41, 5.74) is 0.831. The maximum Gasteiger partial charge on any atom is 0.317 e. The lowest BCUT2D eigenvalue weighted by Gasteiger charge is -2.34. The Morgan fingerprint density at radius 2 is 2.00 bits per heavy atom. The molecule has 0 saturated carbocycles. The van der Waals surface area contributed by atoms with Crippen LogP contribution in [0.3, 0.4) is 0 Å². The van der Waals surface area contributed by atoms with Crippen molar-refractivity contribution in [2.75, 3.05) is 37.6 Å². The normalized spacial score (nSPS) is 15.6. The van der Waals surface area contributed by atoms with Gasteiger partial charge in [-0.3, -0.25) is 9.69 Å². The predicted octanol–water partition coefficient (Wildman–Crippen LogP) is 1.19. The Bertz CT molecular complexity index is 590. The van der Waals surface area contributed by atoms with Crippen molar-refractivity contribution in [1.82, 2.24) is 19.9 Å². The van der Waals surface area contributed by atoms with Gasteiger partial charge in [-0.05, 0) is 6.07 Å². The highest BCUT2D eigenvalue weighted by atomic mass is 16.4. The van der Waals surface area contributed by atoms with Crippen LogP contribution in [0.2, 0.25) is 0 Å². The van der Waals surface area contributed by atoms with E-state index in [2.05, 4.69) is 19.9 Å². The van der Waals surface area contributed by atoms with Crippen LogP contribution in [0.1, 0.15) is 13.8 Å². The Hall–Kier alpha value is -2.15. The van der Waals surface area contributed by atoms with Crippen molar-refractivity contribution >= 4 is 22.8 Å². The maximum absolute atomic E-state index is 10.7. The quantitative estimate of drug-likeness (QED) is 0.883. The molecule has 114 valence electrons. The second-order valence-corrected chi connectivity index (χ2v) is 4.59. The van der Waals surface area contributed by atoms with Gasteiger partial charge in [0, 0.05) is 32.4 Å². The fraction of sp³-hybridized carbons (Fsp3) is 0.500. The fourth-order valence-corrected chi connectivity index (χ4v) is 2.42. The summed E-state index contributed by atoms with van der Waals surface area (Å²) in [6.07, 6.45) is 3.40. The van der Waals surface area contributed by atoms with Gasteiger partial charge in [-0.15, -0.1) is 0 Å². The summed E-state index contributed by atoms with van der Waals surface area (Å²) in [4.78, 5) is 26.4. The SMILES string of the molecule is CC.O=C(O)CN1CCN(c2ncnc3[nH]ccc23)CC1. The lowest BCUT2D eigenvalue weighted by Crippen LogP contribution is -2.48. The molecule has 1 fully saturated rings. The van der Waals surface area contributed by atoms with Crippen LogP contribution in [0.15, 0.2) is 18.6 Å². The molecule has 3 heterocycles. The average Bonchev–Trinajstić information content (AvgIpc) is 2.98. The number of piperazine rings is 1. The minimum atomic E-state index is -0.775. The van der Waals surface area contributed by atoms with E-state index >= 15 is 0 Å². The Labute approximate surface area is 123 Å². The molecule has 7 nitrogen and oxygen atoms in total. The molecule has 1 aliphatic heterocycles. The molecule has 2 aromatic rings. The zero-order valence-electron chi connectivity index (χ0n) is 12.4. The summed E-state index contributed by atoms with van der Waals surface area (Å²) >= 11 is 0. The summed E-state index contributed by atoms with van der Waals surface area (Å²) in [6.45, 7) is 7.15. The number of carboxylic acids is 1. The number of aromatic nitrogens is 3. The van der Waals surface area contributed by atoms with Crippen LogP contribution in [0.5, 0.6) is 0 Å². The van der Waals surface area contributed by atoms with Gasteiger partial charge in [0.1, 0.15) is 17.8 Å². The monoisotopic (exact) mass is 291 g/mol. The van der Waals surface area contributed by atoms with Crippen LogP contribution in [0.4, 0.5) is 5.82 Å². The summed E-state index contributed by atoms with van der Waals surface area (Å²) in [6, 6.07) is 1.97. The second kappa shape index (κ2) is 7.03. The molecule has 21 heavy (non-hydrogen) atoms. The van der Waals surface area contributed by atoms with Crippen LogP contribution in [0.25, 0.3) is 11.0 Å². The van der Waals surface area contributed by atoms with Crippen LogP contribution < -0.4 is 4.90 Å². The van der Waals surface area contributed by atoms with E-state index in [-0.39, 0.29) is 6.54 Å². The molecule has 7 heteroatoms. The maximum atomic E-state index is 10.7. The Kier molecular flexibility index (Phi) is 5.10. The number of rotatable bonds is 3. The number of fused-ring (bicyclic) bond motifs is 1. The zero-order chi connectivity index (χ0) is 15.2. The number of aromatic amines is 1. The van der Waals surface area contributed by atoms with E-state index in [1.165, 1.54) is 0 Å². The molecule has 1 saturated heterocycles. The van der Waals surface area contributed by atoms with Crippen LogP contribution >= 0.6 is 0 Å².